The number of amides is 1. The van der Waals surface area contributed by atoms with Crippen molar-refractivity contribution in [3.8, 4) is 0 Å². The number of esters is 1. The van der Waals surface area contributed by atoms with Gasteiger partial charge in [-0.1, -0.05) is 35.5 Å². The van der Waals surface area contributed by atoms with Crippen LogP contribution in [0.25, 0.3) is 0 Å². The number of hydrogen-bond donors (Lipinski definition) is 1. The Morgan fingerprint density at radius 1 is 1.33 bits per heavy atom. The van der Waals surface area contributed by atoms with Gasteiger partial charge < -0.3 is 19.7 Å². The lowest BCUT2D eigenvalue weighted by Gasteiger charge is -2.36. The van der Waals surface area contributed by atoms with E-state index in [9.17, 15) is 9.59 Å². The summed E-state index contributed by atoms with van der Waals surface area (Å²) in [5.41, 5.74) is 2.58. The Bertz CT molecular complexity index is 929. The fourth-order valence-electron chi connectivity index (χ4n) is 3.34. The van der Waals surface area contributed by atoms with Gasteiger partial charge in [-0.05, 0) is 37.0 Å². The van der Waals surface area contributed by atoms with E-state index < -0.39 is 12.0 Å². The molecule has 7 nitrogen and oxygen atoms in total. The number of carbonyl (C=O) groups is 2. The van der Waals surface area contributed by atoms with Gasteiger partial charge in [0.1, 0.15) is 6.61 Å². The van der Waals surface area contributed by atoms with Crippen LogP contribution in [-0.2, 0) is 19.1 Å². The summed E-state index contributed by atoms with van der Waals surface area (Å²) in [6.45, 7) is 4.65. The zero-order valence-electron chi connectivity index (χ0n) is 17.1. The number of nitrogens with one attached hydrogen (secondary N) is 1. The number of carbonyl (C=O) groups excluding carboxylic acids is 2. The number of amidine groups is 1. The molecule has 30 heavy (non-hydrogen) atoms. The summed E-state index contributed by atoms with van der Waals surface area (Å²) in [4.78, 5) is 31.8. The predicted molar refractivity (Wildman–Crippen MR) is 118 cm³/mol. The summed E-state index contributed by atoms with van der Waals surface area (Å²) >= 11 is 7.68. The molecule has 0 saturated carbocycles. The second-order valence-corrected chi connectivity index (χ2v) is 7.98. The van der Waals surface area contributed by atoms with Gasteiger partial charge in [0.25, 0.3) is 0 Å². The largest absolute Gasteiger partial charge is 0.460 e. The van der Waals surface area contributed by atoms with Gasteiger partial charge in [0.15, 0.2) is 5.17 Å². The van der Waals surface area contributed by atoms with E-state index in [4.69, 9.17) is 21.1 Å². The highest BCUT2D eigenvalue weighted by atomic mass is 35.5. The van der Waals surface area contributed by atoms with Crippen molar-refractivity contribution in [2.45, 2.75) is 26.3 Å². The van der Waals surface area contributed by atoms with Gasteiger partial charge in [-0.3, -0.25) is 4.79 Å². The van der Waals surface area contributed by atoms with Crippen LogP contribution in [0.2, 0.25) is 5.02 Å². The van der Waals surface area contributed by atoms with Crippen LogP contribution >= 0.6 is 23.4 Å². The maximum atomic E-state index is 13.0. The summed E-state index contributed by atoms with van der Waals surface area (Å²) in [5.74, 6) is -0.558. The SMILES string of the molecule is CCNC(=O)CC1=CSC2=NC(C)=C(C(=O)OCCOC)C(c3cccc(Cl)c3)N12. The molecular formula is C21H24ClN3O4S. The smallest absolute Gasteiger partial charge is 0.338 e. The fraction of sp³-hybridized carbons (Fsp3) is 0.381. The van der Waals surface area contributed by atoms with Gasteiger partial charge in [-0.2, -0.15) is 0 Å². The average Bonchev–Trinajstić information content (AvgIpc) is 3.09. The molecule has 1 N–H and O–H groups in total. The molecule has 0 aliphatic carbocycles. The molecular weight excluding hydrogens is 426 g/mol. The first kappa shape index (κ1) is 22.4. The molecule has 1 atom stereocenters. The van der Waals surface area contributed by atoms with Crippen LogP contribution in [-0.4, -0.2) is 48.8 Å². The van der Waals surface area contributed by atoms with Gasteiger partial charge in [0.2, 0.25) is 5.91 Å². The molecule has 1 unspecified atom stereocenters. The molecule has 2 heterocycles. The van der Waals surface area contributed by atoms with Crippen molar-refractivity contribution in [1.82, 2.24) is 10.2 Å². The van der Waals surface area contributed by atoms with Crippen LogP contribution in [0.4, 0.5) is 0 Å². The Labute approximate surface area is 185 Å². The van der Waals surface area contributed by atoms with Crippen molar-refractivity contribution in [2.75, 3.05) is 26.9 Å². The summed E-state index contributed by atoms with van der Waals surface area (Å²) < 4.78 is 10.4. The third-order valence-electron chi connectivity index (χ3n) is 4.62. The summed E-state index contributed by atoms with van der Waals surface area (Å²) in [6.07, 6.45) is 0.183. The summed E-state index contributed by atoms with van der Waals surface area (Å²) in [5, 5.41) is 5.99. The van der Waals surface area contributed by atoms with E-state index in [1.54, 1.807) is 20.1 Å². The Kier molecular flexibility index (Phi) is 7.58. The molecule has 0 aromatic heterocycles. The Balaban J connectivity index is 2.01. The van der Waals surface area contributed by atoms with E-state index in [1.807, 2.05) is 35.4 Å². The van der Waals surface area contributed by atoms with Crippen LogP contribution in [0.3, 0.4) is 0 Å². The molecule has 3 rings (SSSR count). The number of ether oxygens (including phenoxy) is 2. The number of benzene rings is 1. The fourth-order valence-corrected chi connectivity index (χ4v) is 4.51. The first-order valence-electron chi connectivity index (χ1n) is 9.58. The molecule has 160 valence electrons. The number of rotatable bonds is 8. The molecule has 0 spiro atoms. The third kappa shape index (κ3) is 4.88. The monoisotopic (exact) mass is 449 g/mol. The summed E-state index contributed by atoms with van der Waals surface area (Å²) in [7, 11) is 1.55. The quantitative estimate of drug-likeness (QED) is 0.482. The molecule has 1 aromatic rings. The number of methoxy groups -OCH3 is 1. The number of halogens is 1. The normalized spacial score (nSPS) is 18.0. The lowest BCUT2D eigenvalue weighted by Crippen LogP contribution is -2.38. The van der Waals surface area contributed by atoms with E-state index >= 15 is 0 Å². The van der Waals surface area contributed by atoms with E-state index in [1.165, 1.54) is 11.8 Å². The van der Waals surface area contributed by atoms with Crippen molar-refractivity contribution >= 4 is 40.4 Å². The first-order valence-corrected chi connectivity index (χ1v) is 10.8. The van der Waals surface area contributed by atoms with Crippen molar-refractivity contribution < 1.29 is 19.1 Å². The van der Waals surface area contributed by atoms with E-state index in [0.717, 1.165) is 11.3 Å². The average molecular weight is 450 g/mol. The molecule has 0 bridgehead atoms. The second-order valence-electron chi connectivity index (χ2n) is 6.71. The van der Waals surface area contributed by atoms with Crippen molar-refractivity contribution in [3.05, 3.63) is 57.2 Å². The molecule has 1 amide bonds. The Morgan fingerprint density at radius 3 is 2.83 bits per heavy atom. The van der Waals surface area contributed by atoms with Crippen LogP contribution in [0, 0.1) is 0 Å². The van der Waals surface area contributed by atoms with Gasteiger partial charge >= 0.3 is 5.97 Å². The second kappa shape index (κ2) is 10.1. The zero-order valence-corrected chi connectivity index (χ0v) is 18.7. The topological polar surface area (TPSA) is 80.2 Å². The Morgan fingerprint density at radius 2 is 2.13 bits per heavy atom. The van der Waals surface area contributed by atoms with Crippen LogP contribution in [0.15, 0.2) is 51.6 Å². The van der Waals surface area contributed by atoms with Gasteiger partial charge in [0, 0.05) is 24.4 Å². The maximum Gasteiger partial charge on any atom is 0.338 e. The molecule has 0 saturated heterocycles. The molecule has 2 aliphatic heterocycles. The molecule has 9 heteroatoms. The lowest BCUT2D eigenvalue weighted by molar-refractivity contribution is -0.141. The Hall–Kier alpha value is -2.29. The maximum absolute atomic E-state index is 13.0. The highest BCUT2D eigenvalue weighted by molar-refractivity contribution is 8.16. The molecule has 1 aromatic carbocycles. The highest BCUT2D eigenvalue weighted by Crippen LogP contribution is 2.45. The van der Waals surface area contributed by atoms with Crippen LogP contribution < -0.4 is 5.32 Å². The molecule has 0 radical (unpaired) electrons. The van der Waals surface area contributed by atoms with Crippen molar-refractivity contribution in [2.24, 2.45) is 4.99 Å². The molecule has 0 fully saturated rings. The van der Waals surface area contributed by atoms with E-state index in [-0.39, 0.29) is 18.9 Å². The molecule has 2 aliphatic rings. The summed E-state index contributed by atoms with van der Waals surface area (Å²) in [6, 6.07) is 6.84. The number of hydrogen-bond acceptors (Lipinski definition) is 7. The van der Waals surface area contributed by atoms with Gasteiger partial charge in [-0.15, -0.1) is 0 Å². The number of thioether (sulfide) groups is 1. The zero-order chi connectivity index (χ0) is 21.7. The van der Waals surface area contributed by atoms with Gasteiger partial charge in [-0.25, -0.2) is 9.79 Å². The minimum absolute atomic E-state index is 0.0917. The standard InChI is InChI=1S/C21H24ClN3O4S/c1-4-23-17(26)11-16-12-30-21-24-13(2)18(20(27)29-9-8-28-3)19(25(16)21)14-6-5-7-15(22)10-14/h5-7,10,12,19H,4,8-9,11H2,1-3H3,(H,23,26). The first-order chi connectivity index (χ1) is 14.5. The minimum Gasteiger partial charge on any atom is -0.460 e. The van der Waals surface area contributed by atoms with Gasteiger partial charge in [0.05, 0.1) is 30.3 Å². The number of aliphatic imine (C=N–C) groups is 1. The van der Waals surface area contributed by atoms with Crippen molar-refractivity contribution in [3.63, 3.8) is 0 Å². The third-order valence-corrected chi connectivity index (χ3v) is 5.75. The lowest BCUT2D eigenvalue weighted by atomic mass is 9.94. The van der Waals surface area contributed by atoms with E-state index in [0.29, 0.717) is 34.6 Å². The predicted octanol–water partition coefficient (Wildman–Crippen LogP) is 3.63. The van der Waals surface area contributed by atoms with Crippen LogP contribution in [0.5, 0.6) is 0 Å². The van der Waals surface area contributed by atoms with Crippen molar-refractivity contribution in [1.29, 1.82) is 0 Å². The highest BCUT2D eigenvalue weighted by Gasteiger charge is 2.41. The number of allylic oxidation sites excluding steroid dienone is 1. The minimum atomic E-state index is -0.498. The number of nitrogens with zero attached hydrogens (tertiary/aromatic N) is 2. The number of fused-ring (bicyclic) bond motifs is 1. The van der Waals surface area contributed by atoms with Crippen LogP contribution in [0.1, 0.15) is 31.9 Å². The van der Waals surface area contributed by atoms with E-state index in [2.05, 4.69) is 10.3 Å².